The molecule has 1 aromatic carbocycles. The number of hydrogen-bond donors (Lipinski definition) is 1. The molecule has 0 spiro atoms. The second-order valence-corrected chi connectivity index (χ2v) is 7.25. The van der Waals surface area contributed by atoms with Gasteiger partial charge in [0.1, 0.15) is 0 Å². The number of aliphatic carboxylic acids is 1. The summed E-state index contributed by atoms with van der Waals surface area (Å²) in [6, 6.07) is 5.99. The van der Waals surface area contributed by atoms with Crippen LogP contribution in [-0.2, 0) is 11.3 Å². The van der Waals surface area contributed by atoms with Crippen molar-refractivity contribution in [1.29, 1.82) is 0 Å². The van der Waals surface area contributed by atoms with E-state index in [1.807, 2.05) is 19.1 Å². The number of nitrogens with zero attached hydrogens (tertiary/aromatic N) is 1. The standard InChI is InChI=1S/C20H29NO4/c1-3-11-25-18-15(7-5-9-17(18)24-4-2)12-21-13-16-8-6-10-20(16,14-21)19(22)23/h5,7,9,16H,3-4,6,8,10-14H2,1-2H3,(H,22,23)/t16-,20+/m0/s1. The largest absolute Gasteiger partial charge is 0.490 e. The van der Waals surface area contributed by atoms with Crippen molar-refractivity contribution in [1.82, 2.24) is 4.90 Å². The highest BCUT2D eigenvalue weighted by Crippen LogP contribution is 2.49. The number of carbonyl (C=O) groups is 1. The van der Waals surface area contributed by atoms with Crippen LogP contribution in [0.15, 0.2) is 18.2 Å². The molecule has 0 radical (unpaired) electrons. The van der Waals surface area contributed by atoms with Crippen molar-refractivity contribution >= 4 is 5.97 Å². The molecule has 1 saturated carbocycles. The molecule has 1 heterocycles. The van der Waals surface area contributed by atoms with Crippen molar-refractivity contribution in [2.75, 3.05) is 26.3 Å². The number of carboxylic acids is 1. The van der Waals surface area contributed by atoms with E-state index in [4.69, 9.17) is 9.47 Å². The molecule has 1 N–H and O–H groups in total. The van der Waals surface area contributed by atoms with Crippen molar-refractivity contribution in [2.45, 2.75) is 46.1 Å². The fourth-order valence-electron chi connectivity index (χ4n) is 4.43. The predicted octanol–water partition coefficient (Wildman–Crippen LogP) is 3.56. The molecule has 1 aliphatic carbocycles. The topological polar surface area (TPSA) is 59.0 Å². The first kappa shape index (κ1) is 18.1. The van der Waals surface area contributed by atoms with Crippen LogP contribution in [0, 0.1) is 11.3 Å². The lowest BCUT2D eigenvalue weighted by atomic mass is 9.81. The molecule has 0 bridgehead atoms. The molecule has 5 heteroatoms. The molecular formula is C20H29NO4. The highest BCUT2D eigenvalue weighted by atomic mass is 16.5. The number of fused-ring (bicyclic) bond motifs is 1. The lowest BCUT2D eigenvalue weighted by Crippen LogP contribution is -2.35. The Balaban J connectivity index is 1.79. The lowest BCUT2D eigenvalue weighted by Gasteiger charge is -2.24. The monoisotopic (exact) mass is 347 g/mol. The SMILES string of the molecule is CCCOc1c(CN2C[C@@H]3CCC[C@@]3(C(=O)O)C2)cccc1OCC. The Kier molecular flexibility index (Phi) is 5.52. The number of likely N-dealkylation sites (tertiary alicyclic amines) is 1. The molecule has 0 amide bonds. The minimum absolute atomic E-state index is 0.278. The van der Waals surface area contributed by atoms with Crippen molar-refractivity contribution in [3.05, 3.63) is 23.8 Å². The molecular weight excluding hydrogens is 318 g/mol. The van der Waals surface area contributed by atoms with Crippen LogP contribution in [0.4, 0.5) is 0 Å². The number of rotatable bonds is 8. The Morgan fingerprint density at radius 3 is 2.88 bits per heavy atom. The highest BCUT2D eigenvalue weighted by Gasteiger charge is 2.54. The van der Waals surface area contributed by atoms with E-state index in [1.165, 1.54) is 0 Å². The van der Waals surface area contributed by atoms with E-state index >= 15 is 0 Å². The molecule has 25 heavy (non-hydrogen) atoms. The van der Waals surface area contributed by atoms with Gasteiger partial charge in [-0.05, 0) is 38.2 Å². The quantitative estimate of drug-likeness (QED) is 0.779. The molecule has 1 saturated heterocycles. The third-order valence-corrected chi connectivity index (χ3v) is 5.57. The number of benzene rings is 1. The second-order valence-electron chi connectivity index (χ2n) is 7.25. The van der Waals surface area contributed by atoms with E-state index in [0.29, 0.717) is 26.3 Å². The normalized spacial score (nSPS) is 25.8. The maximum atomic E-state index is 11.9. The van der Waals surface area contributed by atoms with Gasteiger partial charge in [0.15, 0.2) is 11.5 Å². The Hall–Kier alpha value is -1.75. The van der Waals surface area contributed by atoms with Gasteiger partial charge in [-0.2, -0.15) is 0 Å². The zero-order valence-corrected chi connectivity index (χ0v) is 15.3. The van der Waals surface area contributed by atoms with Crippen molar-refractivity contribution < 1.29 is 19.4 Å². The van der Waals surface area contributed by atoms with Crippen LogP contribution in [0.25, 0.3) is 0 Å². The first-order valence-electron chi connectivity index (χ1n) is 9.44. The maximum absolute atomic E-state index is 11.9. The van der Waals surface area contributed by atoms with E-state index in [0.717, 1.165) is 49.3 Å². The van der Waals surface area contributed by atoms with Crippen LogP contribution in [0.3, 0.4) is 0 Å². The average molecular weight is 347 g/mol. The molecule has 2 aliphatic rings. The second kappa shape index (κ2) is 7.65. The van der Waals surface area contributed by atoms with Gasteiger partial charge in [-0.3, -0.25) is 9.69 Å². The summed E-state index contributed by atoms with van der Waals surface area (Å²) in [7, 11) is 0. The number of para-hydroxylation sites is 1. The van der Waals surface area contributed by atoms with Gasteiger partial charge in [0.05, 0.1) is 18.6 Å². The van der Waals surface area contributed by atoms with Gasteiger partial charge in [-0.15, -0.1) is 0 Å². The smallest absolute Gasteiger partial charge is 0.311 e. The molecule has 0 aromatic heterocycles. The molecule has 2 fully saturated rings. The van der Waals surface area contributed by atoms with Gasteiger partial charge in [-0.25, -0.2) is 0 Å². The summed E-state index contributed by atoms with van der Waals surface area (Å²) in [6.45, 7) is 7.51. The van der Waals surface area contributed by atoms with Gasteiger partial charge >= 0.3 is 5.97 Å². The maximum Gasteiger partial charge on any atom is 0.311 e. The number of hydrogen-bond acceptors (Lipinski definition) is 4. The third kappa shape index (κ3) is 3.47. The van der Waals surface area contributed by atoms with Crippen LogP contribution in [0.1, 0.15) is 45.1 Å². The summed E-state index contributed by atoms with van der Waals surface area (Å²) >= 11 is 0. The van der Waals surface area contributed by atoms with Gasteiger partial charge in [0.25, 0.3) is 0 Å². The van der Waals surface area contributed by atoms with Crippen LogP contribution in [-0.4, -0.2) is 42.3 Å². The first-order chi connectivity index (χ1) is 12.1. The average Bonchev–Trinajstić information content (AvgIpc) is 3.12. The van der Waals surface area contributed by atoms with Crippen molar-refractivity contribution in [2.24, 2.45) is 11.3 Å². The van der Waals surface area contributed by atoms with Gasteiger partial charge < -0.3 is 14.6 Å². The molecule has 1 aromatic rings. The Morgan fingerprint density at radius 2 is 2.20 bits per heavy atom. The van der Waals surface area contributed by atoms with E-state index in [-0.39, 0.29) is 5.92 Å². The van der Waals surface area contributed by atoms with Gasteiger partial charge in [-0.1, -0.05) is 25.5 Å². The Bertz CT molecular complexity index is 618. The van der Waals surface area contributed by atoms with E-state index < -0.39 is 11.4 Å². The number of carboxylic acid groups (broad SMARTS) is 1. The van der Waals surface area contributed by atoms with E-state index in [2.05, 4.69) is 17.9 Å². The van der Waals surface area contributed by atoms with Gasteiger partial charge in [0, 0.05) is 25.2 Å². The first-order valence-corrected chi connectivity index (χ1v) is 9.44. The minimum Gasteiger partial charge on any atom is -0.490 e. The summed E-state index contributed by atoms with van der Waals surface area (Å²) < 4.78 is 11.7. The zero-order chi connectivity index (χ0) is 17.9. The van der Waals surface area contributed by atoms with Crippen LogP contribution in [0.2, 0.25) is 0 Å². The predicted molar refractivity (Wildman–Crippen MR) is 96.1 cm³/mol. The summed E-state index contributed by atoms with van der Waals surface area (Å²) in [4.78, 5) is 14.2. The zero-order valence-electron chi connectivity index (χ0n) is 15.3. The minimum atomic E-state index is -0.622. The fourth-order valence-corrected chi connectivity index (χ4v) is 4.43. The Morgan fingerprint density at radius 1 is 1.36 bits per heavy atom. The van der Waals surface area contributed by atoms with Crippen molar-refractivity contribution in [3.8, 4) is 11.5 Å². The third-order valence-electron chi connectivity index (χ3n) is 5.57. The number of ether oxygens (including phenoxy) is 2. The molecule has 2 atom stereocenters. The van der Waals surface area contributed by atoms with Crippen LogP contribution in [0.5, 0.6) is 11.5 Å². The van der Waals surface area contributed by atoms with E-state index in [1.54, 1.807) is 0 Å². The molecule has 5 nitrogen and oxygen atoms in total. The lowest BCUT2D eigenvalue weighted by molar-refractivity contribution is -0.149. The molecule has 0 unspecified atom stereocenters. The van der Waals surface area contributed by atoms with Crippen LogP contribution >= 0.6 is 0 Å². The van der Waals surface area contributed by atoms with E-state index in [9.17, 15) is 9.90 Å². The summed E-state index contributed by atoms with van der Waals surface area (Å²) in [5, 5.41) is 9.77. The van der Waals surface area contributed by atoms with Gasteiger partial charge in [0.2, 0.25) is 0 Å². The summed E-state index contributed by atoms with van der Waals surface area (Å²) in [5.41, 5.74) is 0.544. The molecule has 1 aliphatic heterocycles. The Labute approximate surface area is 149 Å². The van der Waals surface area contributed by atoms with Crippen molar-refractivity contribution in [3.63, 3.8) is 0 Å². The van der Waals surface area contributed by atoms with Crippen LogP contribution < -0.4 is 9.47 Å². The molecule has 3 rings (SSSR count). The highest BCUT2D eigenvalue weighted by molar-refractivity contribution is 5.76. The fraction of sp³-hybridized carbons (Fsp3) is 0.650. The summed E-state index contributed by atoms with van der Waals surface area (Å²) in [5.74, 6) is 1.25. The molecule has 138 valence electrons. The summed E-state index contributed by atoms with van der Waals surface area (Å²) in [6.07, 6.45) is 3.81.